The largest absolute Gasteiger partial charge is 0.487 e. The molecule has 0 aliphatic rings. The molecule has 0 unspecified atom stereocenters. The fourth-order valence-corrected chi connectivity index (χ4v) is 3.53. The summed E-state index contributed by atoms with van der Waals surface area (Å²) < 4.78 is 12.9. The summed E-state index contributed by atoms with van der Waals surface area (Å²) in [7, 11) is 0. The van der Waals surface area contributed by atoms with Crippen LogP contribution in [0.25, 0.3) is 0 Å². The Morgan fingerprint density at radius 1 is 1.12 bits per heavy atom. The van der Waals surface area contributed by atoms with E-state index in [2.05, 4.69) is 40.7 Å². The highest BCUT2D eigenvalue weighted by Crippen LogP contribution is 2.25. The van der Waals surface area contributed by atoms with Crippen molar-refractivity contribution >= 4 is 23.3 Å². The van der Waals surface area contributed by atoms with Crippen molar-refractivity contribution in [1.29, 1.82) is 0 Å². The molecule has 1 amide bonds. The van der Waals surface area contributed by atoms with Crippen LogP contribution in [-0.2, 0) is 13.2 Å². The lowest BCUT2D eigenvalue weighted by Crippen LogP contribution is -2.16. The van der Waals surface area contributed by atoms with Crippen LogP contribution in [0.4, 0.5) is 5.82 Å². The average Bonchev–Trinajstić information content (AvgIpc) is 3.29. The van der Waals surface area contributed by atoms with Crippen molar-refractivity contribution in [3.8, 4) is 5.75 Å². The van der Waals surface area contributed by atoms with E-state index >= 15 is 0 Å². The molecule has 164 valence electrons. The Morgan fingerprint density at radius 3 is 2.72 bits per heavy atom. The first-order valence-electron chi connectivity index (χ1n) is 10.1. The molecule has 1 N–H and O–H groups in total. The Bertz CT molecular complexity index is 1260. The standard InChI is InChI=1S/C24H23ClN4O3/c1-15-7-6-8-18(11-15)13-29-16(2)12-22(27-29)26-24(30)23-19(17(3)32-28-23)14-31-21-10-5-4-9-20(21)25/h4-12H,13-14H2,1-3H3,(H,26,27,30). The van der Waals surface area contributed by atoms with E-state index in [1.54, 1.807) is 19.1 Å². The van der Waals surface area contributed by atoms with E-state index < -0.39 is 5.91 Å². The Balaban J connectivity index is 1.47. The Morgan fingerprint density at radius 2 is 1.94 bits per heavy atom. The molecule has 4 rings (SSSR count). The first-order chi connectivity index (χ1) is 15.4. The third-order valence-corrected chi connectivity index (χ3v) is 5.36. The molecule has 2 aromatic carbocycles. The van der Waals surface area contributed by atoms with Crippen LogP contribution in [-0.4, -0.2) is 20.8 Å². The minimum Gasteiger partial charge on any atom is -0.487 e. The highest BCUT2D eigenvalue weighted by Gasteiger charge is 2.22. The Hall–Kier alpha value is -3.58. The van der Waals surface area contributed by atoms with E-state index in [1.165, 1.54) is 5.56 Å². The van der Waals surface area contributed by atoms with Crippen LogP contribution < -0.4 is 10.1 Å². The summed E-state index contributed by atoms with van der Waals surface area (Å²) in [5.74, 6) is 1.05. The number of nitrogens with zero attached hydrogens (tertiary/aromatic N) is 3. The Kier molecular flexibility index (Phi) is 6.28. The van der Waals surface area contributed by atoms with Gasteiger partial charge in [-0.25, -0.2) is 0 Å². The summed E-state index contributed by atoms with van der Waals surface area (Å²) in [6, 6.07) is 17.2. The number of para-hydroxylation sites is 1. The van der Waals surface area contributed by atoms with Crippen LogP contribution in [0, 0.1) is 20.8 Å². The number of amides is 1. The molecule has 0 saturated heterocycles. The molecule has 0 spiro atoms. The number of aryl methyl sites for hydroxylation is 3. The predicted octanol–water partition coefficient (Wildman–Crippen LogP) is 5.33. The van der Waals surface area contributed by atoms with E-state index in [1.807, 2.05) is 35.9 Å². The number of hydrogen-bond donors (Lipinski definition) is 1. The van der Waals surface area contributed by atoms with Crippen molar-refractivity contribution in [1.82, 2.24) is 14.9 Å². The van der Waals surface area contributed by atoms with Gasteiger partial charge in [-0.2, -0.15) is 5.10 Å². The van der Waals surface area contributed by atoms with Gasteiger partial charge in [0.05, 0.1) is 17.1 Å². The zero-order chi connectivity index (χ0) is 22.7. The number of benzene rings is 2. The Labute approximate surface area is 190 Å². The summed E-state index contributed by atoms with van der Waals surface area (Å²) in [4.78, 5) is 12.9. The number of ether oxygens (including phenoxy) is 1. The second-order valence-corrected chi connectivity index (χ2v) is 7.96. The first kappa shape index (κ1) is 21.6. The van der Waals surface area contributed by atoms with Crippen molar-refractivity contribution in [3.63, 3.8) is 0 Å². The smallest absolute Gasteiger partial charge is 0.279 e. The number of carbonyl (C=O) groups is 1. The van der Waals surface area contributed by atoms with Crippen molar-refractivity contribution in [2.45, 2.75) is 33.9 Å². The molecule has 0 radical (unpaired) electrons. The molecular weight excluding hydrogens is 428 g/mol. The summed E-state index contributed by atoms with van der Waals surface area (Å²) in [6.07, 6.45) is 0. The van der Waals surface area contributed by atoms with Crippen LogP contribution in [0.2, 0.25) is 5.02 Å². The first-order valence-corrected chi connectivity index (χ1v) is 10.5. The summed E-state index contributed by atoms with van der Waals surface area (Å²) in [6.45, 7) is 6.45. The van der Waals surface area contributed by atoms with Gasteiger partial charge in [-0.3, -0.25) is 9.48 Å². The molecule has 2 aromatic heterocycles. The van der Waals surface area contributed by atoms with Gasteiger partial charge in [0.25, 0.3) is 5.91 Å². The second kappa shape index (κ2) is 9.28. The van der Waals surface area contributed by atoms with Crippen LogP contribution in [0.5, 0.6) is 5.75 Å². The molecule has 8 heteroatoms. The lowest BCUT2D eigenvalue weighted by molar-refractivity contribution is 0.101. The summed E-state index contributed by atoms with van der Waals surface area (Å²) in [5, 5.41) is 11.7. The molecule has 0 aliphatic heterocycles. The topological polar surface area (TPSA) is 82.2 Å². The van der Waals surface area contributed by atoms with Gasteiger partial charge in [0.1, 0.15) is 18.1 Å². The monoisotopic (exact) mass is 450 g/mol. The number of halogens is 1. The van der Waals surface area contributed by atoms with Gasteiger partial charge in [-0.05, 0) is 38.5 Å². The van der Waals surface area contributed by atoms with Crippen LogP contribution in [0.3, 0.4) is 0 Å². The molecule has 4 aromatic rings. The van der Waals surface area contributed by atoms with E-state index in [0.717, 1.165) is 11.3 Å². The molecule has 0 fully saturated rings. The van der Waals surface area contributed by atoms with E-state index in [9.17, 15) is 4.79 Å². The van der Waals surface area contributed by atoms with E-state index in [4.69, 9.17) is 20.9 Å². The highest BCUT2D eigenvalue weighted by molar-refractivity contribution is 6.32. The van der Waals surface area contributed by atoms with Gasteiger partial charge in [-0.1, -0.05) is 58.7 Å². The third-order valence-electron chi connectivity index (χ3n) is 5.05. The van der Waals surface area contributed by atoms with Crippen LogP contribution >= 0.6 is 11.6 Å². The number of nitrogens with one attached hydrogen (secondary N) is 1. The lowest BCUT2D eigenvalue weighted by atomic mass is 10.1. The molecule has 2 heterocycles. The molecule has 0 aliphatic carbocycles. The van der Waals surface area contributed by atoms with E-state index in [0.29, 0.717) is 34.5 Å². The van der Waals surface area contributed by atoms with E-state index in [-0.39, 0.29) is 12.3 Å². The number of rotatable bonds is 7. The minimum atomic E-state index is -0.417. The zero-order valence-electron chi connectivity index (χ0n) is 18.1. The second-order valence-electron chi connectivity index (χ2n) is 7.56. The van der Waals surface area contributed by atoms with Gasteiger partial charge in [0.2, 0.25) is 0 Å². The van der Waals surface area contributed by atoms with Crippen molar-refractivity contribution in [2.75, 3.05) is 5.32 Å². The van der Waals surface area contributed by atoms with Crippen LogP contribution in [0.1, 0.15) is 38.6 Å². The quantitative estimate of drug-likeness (QED) is 0.411. The highest BCUT2D eigenvalue weighted by atomic mass is 35.5. The molecule has 0 saturated carbocycles. The van der Waals surface area contributed by atoms with Gasteiger partial charge >= 0.3 is 0 Å². The molecule has 32 heavy (non-hydrogen) atoms. The molecular formula is C24H23ClN4O3. The fourth-order valence-electron chi connectivity index (χ4n) is 3.34. The maximum Gasteiger partial charge on any atom is 0.279 e. The van der Waals surface area contributed by atoms with Gasteiger partial charge in [-0.15, -0.1) is 0 Å². The lowest BCUT2D eigenvalue weighted by Gasteiger charge is -2.08. The zero-order valence-corrected chi connectivity index (χ0v) is 18.8. The maximum absolute atomic E-state index is 12.9. The van der Waals surface area contributed by atoms with Crippen molar-refractivity contribution in [3.05, 3.63) is 93.5 Å². The summed E-state index contributed by atoms with van der Waals surface area (Å²) >= 11 is 6.14. The van der Waals surface area contributed by atoms with Crippen LogP contribution in [0.15, 0.2) is 59.1 Å². The summed E-state index contributed by atoms with van der Waals surface area (Å²) in [5.41, 5.74) is 3.97. The van der Waals surface area contributed by atoms with Gasteiger partial charge in [0.15, 0.2) is 11.5 Å². The third kappa shape index (κ3) is 4.84. The van der Waals surface area contributed by atoms with Gasteiger partial charge in [0, 0.05) is 11.8 Å². The van der Waals surface area contributed by atoms with Crippen molar-refractivity contribution < 1.29 is 14.1 Å². The fraction of sp³-hybridized carbons (Fsp3) is 0.208. The predicted molar refractivity (Wildman–Crippen MR) is 122 cm³/mol. The maximum atomic E-state index is 12.9. The number of aromatic nitrogens is 3. The molecule has 0 atom stereocenters. The minimum absolute atomic E-state index is 0.0998. The van der Waals surface area contributed by atoms with Crippen molar-refractivity contribution in [2.24, 2.45) is 0 Å². The SMILES string of the molecule is Cc1cccc(Cn2nc(NC(=O)c3noc(C)c3COc3ccccc3Cl)cc2C)c1. The molecule has 0 bridgehead atoms. The normalized spacial score (nSPS) is 10.9. The molecule has 7 nitrogen and oxygen atoms in total. The van der Waals surface area contributed by atoms with Gasteiger partial charge < -0.3 is 14.6 Å². The average molecular weight is 451 g/mol. The number of carbonyl (C=O) groups excluding carboxylic acids is 1. The number of anilines is 1. The number of hydrogen-bond acceptors (Lipinski definition) is 5.